The highest BCUT2D eigenvalue weighted by atomic mass is 16.5. The zero-order valence-corrected chi connectivity index (χ0v) is 16.6. The summed E-state index contributed by atoms with van der Waals surface area (Å²) in [5.74, 6) is -0.830. The lowest BCUT2D eigenvalue weighted by Crippen LogP contribution is -2.29. The number of rotatable bonds is 6. The minimum Gasteiger partial charge on any atom is -0.508 e. The Labute approximate surface area is 174 Å². The lowest BCUT2D eigenvalue weighted by atomic mass is 10.1. The Morgan fingerprint density at radius 3 is 2.60 bits per heavy atom. The number of piperidine rings is 1. The Bertz CT molecular complexity index is 1040. The summed E-state index contributed by atoms with van der Waals surface area (Å²) < 4.78 is 10.4. The molecule has 156 valence electrons. The number of ether oxygens (including phenoxy) is 1. The van der Waals surface area contributed by atoms with Gasteiger partial charge in [-0.05, 0) is 55.7 Å². The summed E-state index contributed by atoms with van der Waals surface area (Å²) in [5, 5.41) is 12.9. The zero-order valence-electron chi connectivity index (χ0n) is 16.6. The summed E-state index contributed by atoms with van der Waals surface area (Å²) in [5.41, 5.74) is 2.95. The molecular formula is C23H24N2O5. The number of esters is 1. The van der Waals surface area contributed by atoms with Crippen LogP contribution in [0.15, 0.2) is 53.1 Å². The van der Waals surface area contributed by atoms with Gasteiger partial charge in [0, 0.05) is 41.5 Å². The van der Waals surface area contributed by atoms with Gasteiger partial charge in [0.15, 0.2) is 6.61 Å². The highest BCUT2D eigenvalue weighted by Crippen LogP contribution is 2.25. The number of phenols is 1. The number of fused-ring (bicyclic) bond motifs is 1. The van der Waals surface area contributed by atoms with Crippen LogP contribution in [0.5, 0.6) is 5.75 Å². The van der Waals surface area contributed by atoms with Crippen LogP contribution in [0, 0.1) is 0 Å². The second-order valence-corrected chi connectivity index (χ2v) is 7.42. The minimum atomic E-state index is -0.527. The number of hydrogen-bond acceptors (Lipinski definition) is 6. The van der Waals surface area contributed by atoms with Gasteiger partial charge >= 0.3 is 5.97 Å². The van der Waals surface area contributed by atoms with Crippen molar-refractivity contribution in [1.29, 1.82) is 0 Å². The van der Waals surface area contributed by atoms with E-state index in [0.717, 1.165) is 24.2 Å². The van der Waals surface area contributed by atoms with Gasteiger partial charge in [0.2, 0.25) is 0 Å². The third kappa shape index (κ3) is 4.74. The number of carbonyl (C=O) groups excluding carboxylic acids is 2. The van der Waals surface area contributed by atoms with Crippen molar-refractivity contribution in [2.75, 3.05) is 29.9 Å². The molecule has 1 aliphatic heterocycles. The number of carbonyl (C=O) groups is 2. The molecule has 1 aliphatic rings. The Hall–Kier alpha value is -3.48. The summed E-state index contributed by atoms with van der Waals surface area (Å²) in [6.07, 6.45) is 5.14. The van der Waals surface area contributed by atoms with Crippen molar-refractivity contribution in [3.05, 3.63) is 54.3 Å². The van der Waals surface area contributed by atoms with E-state index in [1.807, 2.05) is 24.3 Å². The molecule has 1 saturated heterocycles. The molecule has 30 heavy (non-hydrogen) atoms. The van der Waals surface area contributed by atoms with Crippen molar-refractivity contribution < 1.29 is 23.8 Å². The lowest BCUT2D eigenvalue weighted by molar-refractivity contribution is -0.146. The van der Waals surface area contributed by atoms with E-state index in [4.69, 9.17) is 9.15 Å². The molecule has 1 fully saturated rings. The van der Waals surface area contributed by atoms with Gasteiger partial charge in [-0.2, -0.15) is 0 Å². The van der Waals surface area contributed by atoms with Crippen molar-refractivity contribution in [3.8, 4) is 5.75 Å². The molecule has 4 rings (SSSR count). The Morgan fingerprint density at radius 2 is 1.83 bits per heavy atom. The molecule has 0 spiro atoms. The summed E-state index contributed by atoms with van der Waals surface area (Å²) in [4.78, 5) is 26.6. The number of amides is 1. The molecule has 1 aromatic heterocycles. The average molecular weight is 408 g/mol. The second-order valence-electron chi connectivity index (χ2n) is 7.42. The average Bonchev–Trinajstić information content (AvgIpc) is 3.15. The van der Waals surface area contributed by atoms with E-state index in [2.05, 4.69) is 10.2 Å². The van der Waals surface area contributed by atoms with Gasteiger partial charge in [0.05, 0.1) is 12.7 Å². The molecule has 0 atom stereocenters. The van der Waals surface area contributed by atoms with Gasteiger partial charge < -0.3 is 24.5 Å². The van der Waals surface area contributed by atoms with E-state index in [1.54, 1.807) is 6.07 Å². The molecule has 0 saturated carbocycles. The molecule has 2 N–H and O–H groups in total. The highest BCUT2D eigenvalue weighted by Gasteiger charge is 2.14. The van der Waals surface area contributed by atoms with E-state index in [1.165, 1.54) is 37.7 Å². The van der Waals surface area contributed by atoms with Crippen molar-refractivity contribution in [2.45, 2.75) is 25.7 Å². The fraction of sp³-hybridized carbons (Fsp3) is 0.304. The van der Waals surface area contributed by atoms with Crippen LogP contribution in [-0.4, -0.2) is 36.7 Å². The molecular weight excluding hydrogens is 384 g/mol. The fourth-order valence-electron chi connectivity index (χ4n) is 3.67. The third-order valence-corrected chi connectivity index (χ3v) is 5.21. The first-order valence-corrected chi connectivity index (χ1v) is 10.1. The second kappa shape index (κ2) is 8.90. The number of nitrogens with one attached hydrogen (secondary N) is 1. The van der Waals surface area contributed by atoms with Crippen LogP contribution >= 0.6 is 0 Å². The molecule has 1 amide bonds. The Balaban J connectivity index is 1.26. The number of nitrogens with zero attached hydrogens (tertiary/aromatic N) is 1. The first kappa shape index (κ1) is 19.8. The van der Waals surface area contributed by atoms with Crippen molar-refractivity contribution >= 4 is 34.2 Å². The molecule has 3 aromatic rings. The normalized spacial score (nSPS) is 13.9. The molecule has 2 heterocycles. The fourth-order valence-corrected chi connectivity index (χ4v) is 3.67. The van der Waals surface area contributed by atoms with Crippen LogP contribution in [0.1, 0.15) is 24.8 Å². The third-order valence-electron chi connectivity index (χ3n) is 5.21. The molecule has 7 heteroatoms. The Morgan fingerprint density at radius 1 is 1.07 bits per heavy atom. The van der Waals surface area contributed by atoms with Gasteiger partial charge in [-0.1, -0.05) is 0 Å². The number of benzene rings is 2. The topological polar surface area (TPSA) is 92.0 Å². The summed E-state index contributed by atoms with van der Waals surface area (Å²) >= 11 is 0. The van der Waals surface area contributed by atoms with Gasteiger partial charge in [0.1, 0.15) is 11.3 Å². The van der Waals surface area contributed by atoms with Crippen LogP contribution in [0.3, 0.4) is 0 Å². The van der Waals surface area contributed by atoms with E-state index in [-0.39, 0.29) is 18.8 Å². The van der Waals surface area contributed by atoms with E-state index in [9.17, 15) is 14.7 Å². The van der Waals surface area contributed by atoms with E-state index in [0.29, 0.717) is 16.8 Å². The van der Waals surface area contributed by atoms with E-state index < -0.39 is 11.9 Å². The SMILES string of the molecule is O=C(COC(=O)Cc1coc2cc(O)ccc12)Nc1ccc(N2CCCCC2)cc1. The maximum Gasteiger partial charge on any atom is 0.310 e. The van der Waals surface area contributed by atoms with Crippen LogP contribution in [0.25, 0.3) is 11.0 Å². The van der Waals surface area contributed by atoms with Crippen molar-refractivity contribution in [3.63, 3.8) is 0 Å². The highest BCUT2D eigenvalue weighted by molar-refractivity contribution is 5.93. The molecule has 0 unspecified atom stereocenters. The van der Waals surface area contributed by atoms with Crippen LogP contribution in [0.4, 0.5) is 11.4 Å². The van der Waals surface area contributed by atoms with Crippen LogP contribution in [-0.2, 0) is 20.7 Å². The molecule has 0 radical (unpaired) electrons. The van der Waals surface area contributed by atoms with Gasteiger partial charge in [-0.15, -0.1) is 0 Å². The summed E-state index contributed by atoms with van der Waals surface area (Å²) in [7, 11) is 0. The van der Waals surface area contributed by atoms with E-state index >= 15 is 0 Å². The largest absolute Gasteiger partial charge is 0.508 e. The van der Waals surface area contributed by atoms with Crippen molar-refractivity contribution in [1.82, 2.24) is 0 Å². The smallest absolute Gasteiger partial charge is 0.310 e. The number of aromatic hydroxyl groups is 1. The first-order chi connectivity index (χ1) is 14.6. The predicted octanol–water partition coefficient (Wildman–Crippen LogP) is 3.85. The van der Waals surface area contributed by atoms with Crippen LogP contribution in [0.2, 0.25) is 0 Å². The molecule has 2 aromatic carbocycles. The van der Waals surface area contributed by atoms with Gasteiger partial charge in [-0.3, -0.25) is 9.59 Å². The first-order valence-electron chi connectivity index (χ1n) is 10.1. The van der Waals surface area contributed by atoms with Crippen LogP contribution < -0.4 is 10.2 Å². The summed E-state index contributed by atoms with van der Waals surface area (Å²) in [6, 6.07) is 12.4. The monoisotopic (exact) mass is 408 g/mol. The van der Waals surface area contributed by atoms with Crippen molar-refractivity contribution in [2.24, 2.45) is 0 Å². The lowest BCUT2D eigenvalue weighted by Gasteiger charge is -2.28. The van der Waals surface area contributed by atoms with Gasteiger partial charge in [-0.25, -0.2) is 0 Å². The summed E-state index contributed by atoms with van der Waals surface area (Å²) in [6.45, 7) is 1.77. The zero-order chi connectivity index (χ0) is 20.9. The molecule has 0 bridgehead atoms. The number of furan rings is 1. The number of phenolic OH excluding ortho intramolecular Hbond substituents is 1. The minimum absolute atomic E-state index is 0.0183. The maximum atomic E-state index is 12.1. The number of hydrogen-bond donors (Lipinski definition) is 2. The Kier molecular flexibility index (Phi) is 5.88. The standard InChI is InChI=1S/C23H24N2O5/c26-19-8-9-20-16(14-29-21(20)13-19)12-23(28)30-15-22(27)24-17-4-6-18(7-5-17)25-10-2-1-3-11-25/h4-9,13-14,26H,1-3,10-12,15H2,(H,24,27). The predicted molar refractivity (Wildman–Crippen MR) is 114 cm³/mol. The maximum absolute atomic E-state index is 12.1. The quantitative estimate of drug-likeness (QED) is 0.602. The molecule has 7 nitrogen and oxygen atoms in total. The number of anilines is 2. The molecule has 0 aliphatic carbocycles. The van der Waals surface area contributed by atoms with Gasteiger partial charge in [0.25, 0.3) is 5.91 Å².